The van der Waals surface area contributed by atoms with Crippen molar-refractivity contribution >= 4 is 5.84 Å². The maximum atomic E-state index is 8.07. The van der Waals surface area contributed by atoms with Crippen LogP contribution in [-0.2, 0) is 15.4 Å². The largest absolute Gasteiger partial charge is 0.493 e. The average molecular weight is 304 g/mol. The maximum Gasteiger partial charge on any atom is 0.284 e. The van der Waals surface area contributed by atoms with E-state index in [9.17, 15) is 0 Å². The zero-order valence-electron chi connectivity index (χ0n) is 13.6. The third kappa shape index (κ3) is 2.71. The summed E-state index contributed by atoms with van der Waals surface area (Å²) in [6.45, 7) is 9.16. The van der Waals surface area contributed by atoms with Crippen LogP contribution in [0.1, 0.15) is 45.2 Å². The van der Waals surface area contributed by atoms with E-state index in [1.807, 2.05) is 25.1 Å². The first-order valence-electron chi connectivity index (χ1n) is 7.89. The van der Waals surface area contributed by atoms with Gasteiger partial charge in [-0.2, -0.15) is 0 Å². The first-order valence-corrected chi connectivity index (χ1v) is 7.89. The van der Waals surface area contributed by atoms with E-state index in [2.05, 4.69) is 26.1 Å². The van der Waals surface area contributed by atoms with Gasteiger partial charge in [0.25, 0.3) is 5.91 Å². The molecule has 1 aromatic carbocycles. The summed E-state index contributed by atoms with van der Waals surface area (Å²) in [5, 5.41) is 11.0. The highest BCUT2D eigenvalue weighted by atomic mass is 16.9. The molecule has 3 rings (SSSR count). The molecule has 22 heavy (non-hydrogen) atoms. The minimum atomic E-state index is -0.963. The van der Waals surface area contributed by atoms with Crippen LogP contribution in [-0.4, -0.2) is 18.7 Å². The molecule has 2 aliphatic heterocycles. The van der Waals surface area contributed by atoms with E-state index in [-0.39, 0.29) is 6.29 Å². The van der Waals surface area contributed by atoms with Crippen LogP contribution >= 0.6 is 0 Å². The van der Waals surface area contributed by atoms with E-state index in [1.54, 1.807) is 0 Å². The number of rotatable bonds is 5. The molecule has 2 N–H and O–H groups in total. The predicted octanol–water partition coefficient (Wildman–Crippen LogP) is 3.18. The van der Waals surface area contributed by atoms with E-state index in [1.165, 1.54) is 0 Å². The van der Waals surface area contributed by atoms with Crippen molar-refractivity contribution in [3.05, 3.63) is 29.3 Å². The van der Waals surface area contributed by atoms with Gasteiger partial charge >= 0.3 is 0 Å². The van der Waals surface area contributed by atoms with Crippen molar-refractivity contribution in [2.45, 2.75) is 46.3 Å². The van der Waals surface area contributed by atoms with Gasteiger partial charge in [-0.25, -0.2) is 0 Å². The number of benzene rings is 1. The number of nitrogens with one attached hydrogen (secondary N) is 2. The molecule has 1 fully saturated rings. The average Bonchev–Trinajstić information content (AvgIpc) is 2.69. The van der Waals surface area contributed by atoms with Crippen molar-refractivity contribution in [1.82, 2.24) is 5.32 Å². The number of amidine groups is 1. The Morgan fingerprint density at radius 2 is 2.05 bits per heavy atom. The second kappa shape index (κ2) is 5.56. The van der Waals surface area contributed by atoms with E-state index >= 15 is 0 Å². The van der Waals surface area contributed by atoms with Crippen LogP contribution in [0.4, 0.5) is 0 Å². The number of fused-ring (bicyclic) bond motifs is 2. The summed E-state index contributed by atoms with van der Waals surface area (Å²) >= 11 is 0. The Balaban J connectivity index is 1.70. The smallest absolute Gasteiger partial charge is 0.284 e. The normalized spacial score (nSPS) is 27.5. The molecule has 0 aromatic heterocycles. The van der Waals surface area contributed by atoms with Crippen molar-refractivity contribution in [2.75, 3.05) is 6.61 Å². The van der Waals surface area contributed by atoms with Crippen LogP contribution in [0.25, 0.3) is 0 Å². The van der Waals surface area contributed by atoms with Gasteiger partial charge in [-0.05, 0) is 43.4 Å². The van der Waals surface area contributed by atoms with Gasteiger partial charge in [-0.3, -0.25) is 14.9 Å². The summed E-state index contributed by atoms with van der Waals surface area (Å²) in [4.78, 5) is 0. The van der Waals surface area contributed by atoms with Crippen LogP contribution in [0.2, 0.25) is 0 Å². The molecule has 0 aliphatic carbocycles. The Bertz CT molecular complexity index is 579. The van der Waals surface area contributed by atoms with Gasteiger partial charge in [0.2, 0.25) is 0 Å². The topological polar surface area (TPSA) is 63.6 Å². The molecule has 0 amide bonds. The van der Waals surface area contributed by atoms with Crippen molar-refractivity contribution in [3.63, 3.8) is 0 Å². The van der Waals surface area contributed by atoms with Crippen molar-refractivity contribution in [3.8, 4) is 5.75 Å². The number of hydrogen-bond acceptors (Lipinski definition) is 4. The molecule has 120 valence electrons. The fourth-order valence-electron chi connectivity index (χ4n) is 3.18. The summed E-state index contributed by atoms with van der Waals surface area (Å²) < 4.78 is 17.2. The van der Waals surface area contributed by atoms with Gasteiger partial charge in [0.15, 0.2) is 6.29 Å². The standard InChI is InChI=1S/C17H24N2O3/c1-10(2)7-11(3)9-20-13-5-6-15-14(8-13)16(18)19-17(15)21-12(4)22-17/h5-6,8,10-12H,7,9H2,1-4H3,(H2,18,19). The Hall–Kier alpha value is -1.59. The summed E-state index contributed by atoms with van der Waals surface area (Å²) in [7, 11) is 0. The van der Waals surface area contributed by atoms with E-state index < -0.39 is 5.91 Å². The molecule has 0 bridgehead atoms. The molecule has 1 aromatic rings. The highest BCUT2D eigenvalue weighted by Crippen LogP contribution is 2.42. The van der Waals surface area contributed by atoms with Crippen LogP contribution in [0.5, 0.6) is 5.75 Å². The Morgan fingerprint density at radius 3 is 2.68 bits per heavy atom. The molecule has 0 radical (unpaired) electrons. The zero-order valence-corrected chi connectivity index (χ0v) is 13.6. The Labute approximate surface area is 131 Å². The lowest BCUT2D eigenvalue weighted by Gasteiger charge is -2.43. The first kappa shape index (κ1) is 15.3. The second-order valence-corrected chi connectivity index (χ2v) is 6.67. The van der Waals surface area contributed by atoms with Crippen molar-refractivity contribution in [2.24, 2.45) is 11.8 Å². The van der Waals surface area contributed by atoms with E-state index in [0.717, 1.165) is 23.3 Å². The SMILES string of the molecule is CC(C)CC(C)COc1ccc2c(c1)C(=N)NC21OC(C)O1. The monoisotopic (exact) mass is 304 g/mol. The van der Waals surface area contributed by atoms with Gasteiger partial charge in [-0.15, -0.1) is 0 Å². The third-order valence-corrected chi connectivity index (χ3v) is 3.98. The van der Waals surface area contributed by atoms with E-state index in [0.29, 0.717) is 24.3 Å². The Morgan fingerprint density at radius 1 is 1.32 bits per heavy atom. The molecule has 1 saturated heterocycles. The summed E-state index contributed by atoms with van der Waals surface area (Å²) in [5.74, 6) is 1.31. The lowest BCUT2D eigenvalue weighted by Crippen LogP contribution is -2.57. The van der Waals surface area contributed by atoms with Crippen molar-refractivity contribution in [1.29, 1.82) is 5.41 Å². The fraction of sp³-hybridized carbons (Fsp3) is 0.588. The minimum absolute atomic E-state index is 0.251. The molecule has 2 heterocycles. The van der Waals surface area contributed by atoms with Crippen LogP contribution < -0.4 is 10.1 Å². The molecule has 2 aliphatic rings. The van der Waals surface area contributed by atoms with Gasteiger partial charge < -0.3 is 10.1 Å². The maximum absolute atomic E-state index is 8.07. The predicted molar refractivity (Wildman–Crippen MR) is 83.8 cm³/mol. The lowest BCUT2D eigenvalue weighted by atomic mass is 10.00. The molecule has 5 nitrogen and oxygen atoms in total. The molecule has 1 spiro atoms. The third-order valence-electron chi connectivity index (χ3n) is 3.98. The quantitative estimate of drug-likeness (QED) is 0.877. The highest BCUT2D eigenvalue weighted by molar-refractivity contribution is 6.01. The van der Waals surface area contributed by atoms with Gasteiger partial charge in [0.1, 0.15) is 11.6 Å². The molecule has 1 atom stereocenters. The molecule has 1 unspecified atom stereocenters. The first-order chi connectivity index (χ1) is 10.4. The van der Waals surface area contributed by atoms with Gasteiger partial charge in [0.05, 0.1) is 6.61 Å². The second-order valence-electron chi connectivity index (χ2n) is 6.67. The van der Waals surface area contributed by atoms with Gasteiger partial charge in [-0.1, -0.05) is 20.8 Å². The zero-order chi connectivity index (χ0) is 15.9. The minimum Gasteiger partial charge on any atom is -0.493 e. The van der Waals surface area contributed by atoms with E-state index in [4.69, 9.17) is 19.6 Å². The molecular formula is C17H24N2O3. The van der Waals surface area contributed by atoms with Crippen LogP contribution in [0.3, 0.4) is 0 Å². The molecule has 5 heteroatoms. The number of hydrogen-bond donors (Lipinski definition) is 2. The van der Waals surface area contributed by atoms with Crippen LogP contribution in [0.15, 0.2) is 18.2 Å². The summed E-state index contributed by atoms with van der Waals surface area (Å²) in [6, 6.07) is 5.72. The fourth-order valence-corrected chi connectivity index (χ4v) is 3.18. The molecule has 0 saturated carbocycles. The van der Waals surface area contributed by atoms with Crippen LogP contribution in [0, 0.1) is 17.2 Å². The lowest BCUT2D eigenvalue weighted by molar-refractivity contribution is -0.461. The Kier molecular flexibility index (Phi) is 3.87. The van der Waals surface area contributed by atoms with Crippen molar-refractivity contribution < 1.29 is 14.2 Å². The summed E-state index contributed by atoms with van der Waals surface area (Å²) in [6.07, 6.45) is 0.893. The highest BCUT2D eigenvalue weighted by Gasteiger charge is 2.53. The summed E-state index contributed by atoms with van der Waals surface area (Å²) in [5.41, 5.74) is 1.62. The number of ether oxygens (including phenoxy) is 3. The molecular weight excluding hydrogens is 280 g/mol. The van der Waals surface area contributed by atoms with Gasteiger partial charge in [0, 0.05) is 11.1 Å².